The maximum absolute atomic E-state index is 12.5. The van der Waals surface area contributed by atoms with Crippen molar-refractivity contribution in [3.8, 4) is 0 Å². The number of aryl methyl sites for hydroxylation is 1. The molecule has 1 amide bonds. The van der Waals surface area contributed by atoms with Gasteiger partial charge in [-0.2, -0.15) is 4.52 Å². The number of carbonyl (C=O) groups excluding carboxylic acids is 1. The van der Waals surface area contributed by atoms with Gasteiger partial charge >= 0.3 is 0 Å². The van der Waals surface area contributed by atoms with Gasteiger partial charge in [-0.15, -0.1) is 15.3 Å². The SMILES string of the molecule is Cn1cc(CC(=O)NCC2CN(c3ccc4nnc(C(C)(C)C)n4n3)C2)c2ccccc21. The number of carbonyl (C=O) groups is 1. The molecule has 166 valence electrons. The molecule has 0 unspecified atom stereocenters. The molecule has 1 aliphatic rings. The van der Waals surface area contributed by atoms with Gasteiger partial charge in [-0.1, -0.05) is 39.0 Å². The van der Waals surface area contributed by atoms with E-state index in [9.17, 15) is 4.79 Å². The highest BCUT2D eigenvalue weighted by atomic mass is 16.1. The highest BCUT2D eigenvalue weighted by Gasteiger charge is 2.29. The second-order valence-electron chi connectivity index (χ2n) is 9.77. The molecule has 1 fully saturated rings. The highest BCUT2D eigenvalue weighted by Crippen LogP contribution is 2.25. The first-order valence-electron chi connectivity index (χ1n) is 11.1. The minimum Gasteiger partial charge on any atom is -0.355 e. The van der Waals surface area contributed by atoms with E-state index >= 15 is 0 Å². The molecule has 0 atom stereocenters. The van der Waals surface area contributed by atoms with Gasteiger partial charge in [-0.05, 0) is 23.8 Å². The number of benzene rings is 1. The number of para-hydroxylation sites is 1. The van der Waals surface area contributed by atoms with Crippen molar-refractivity contribution in [3.05, 3.63) is 54.0 Å². The standard InChI is InChI=1S/C24H29N7O/c1-24(2,3)23-27-26-20-9-10-21(28-31(20)23)30-13-16(14-30)12-25-22(32)11-17-15-29(4)19-8-6-5-7-18(17)19/h5-10,15-16H,11-14H2,1-4H3,(H,25,32). The van der Waals surface area contributed by atoms with Gasteiger partial charge in [0.25, 0.3) is 0 Å². The molecule has 1 aromatic carbocycles. The number of nitrogens with one attached hydrogen (secondary N) is 1. The summed E-state index contributed by atoms with van der Waals surface area (Å²) < 4.78 is 3.92. The molecule has 0 saturated carbocycles. The second kappa shape index (κ2) is 7.62. The van der Waals surface area contributed by atoms with Crippen LogP contribution in [0.2, 0.25) is 0 Å². The first-order chi connectivity index (χ1) is 15.3. The number of rotatable bonds is 5. The fourth-order valence-electron chi connectivity index (χ4n) is 4.36. The molecule has 1 N–H and O–H groups in total. The van der Waals surface area contributed by atoms with Gasteiger partial charge in [0.2, 0.25) is 5.91 Å². The lowest BCUT2D eigenvalue weighted by molar-refractivity contribution is -0.120. The Balaban J connectivity index is 1.17. The molecule has 8 nitrogen and oxygen atoms in total. The van der Waals surface area contributed by atoms with Crippen LogP contribution in [0.25, 0.3) is 16.6 Å². The average molecular weight is 432 g/mol. The third-order valence-electron chi connectivity index (χ3n) is 6.12. The molecule has 8 heteroatoms. The van der Waals surface area contributed by atoms with Gasteiger partial charge in [0.15, 0.2) is 11.5 Å². The van der Waals surface area contributed by atoms with Crippen LogP contribution in [0.5, 0.6) is 0 Å². The van der Waals surface area contributed by atoms with E-state index in [0.29, 0.717) is 18.9 Å². The van der Waals surface area contributed by atoms with Crippen LogP contribution >= 0.6 is 0 Å². The van der Waals surface area contributed by atoms with Gasteiger partial charge in [0.05, 0.1) is 6.42 Å². The van der Waals surface area contributed by atoms with E-state index in [-0.39, 0.29) is 11.3 Å². The number of hydrogen-bond donors (Lipinski definition) is 1. The molecule has 0 bridgehead atoms. The van der Waals surface area contributed by atoms with Gasteiger partial charge in [-0.3, -0.25) is 4.79 Å². The predicted molar refractivity (Wildman–Crippen MR) is 125 cm³/mol. The van der Waals surface area contributed by atoms with E-state index in [1.807, 2.05) is 42.0 Å². The number of nitrogens with zero attached hydrogens (tertiary/aromatic N) is 6. The number of fused-ring (bicyclic) bond motifs is 2. The van der Waals surface area contributed by atoms with Crippen LogP contribution in [0.3, 0.4) is 0 Å². The molecule has 0 radical (unpaired) electrons. The van der Waals surface area contributed by atoms with Crippen LogP contribution in [0.1, 0.15) is 32.2 Å². The van der Waals surface area contributed by atoms with Crippen LogP contribution in [-0.2, 0) is 23.7 Å². The van der Waals surface area contributed by atoms with Crippen molar-refractivity contribution in [3.63, 3.8) is 0 Å². The van der Waals surface area contributed by atoms with Crippen molar-refractivity contribution in [1.29, 1.82) is 0 Å². The van der Waals surface area contributed by atoms with Crippen molar-refractivity contribution in [2.24, 2.45) is 13.0 Å². The Morgan fingerprint density at radius 1 is 1.12 bits per heavy atom. The lowest BCUT2D eigenvalue weighted by Gasteiger charge is -2.40. The van der Waals surface area contributed by atoms with Crippen LogP contribution in [0.4, 0.5) is 5.82 Å². The Morgan fingerprint density at radius 3 is 2.69 bits per heavy atom. The normalized spacial score (nSPS) is 14.8. The van der Waals surface area contributed by atoms with Gasteiger partial charge in [0, 0.05) is 55.1 Å². The van der Waals surface area contributed by atoms with Crippen molar-refractivity contribution in [1.82, 2.24) is 29.7 Å². The van der Waals surface area contributed by atoms with E-state index < -0.39 is 0 Å². The Labute approximate surface area is 187 Å². The lowest BCUT2D eigenvalue weighted by atomic mass is 9.96. The zero-order valence-corrected chi connectivity index (χ0v) is 19.0. The summed E-state index contributed by atoms with van der Waals surface area (Å²) in [6.45, 7) is 8.76. The van der Waals surface area contributed by atoms with Crippen LogP contribution < -0.4 is 10.2 Å². The summed E-state index contributed by atoms with van der Waals surface area (Å²) in [6.07, 6.45) is 2.45. The Bertz CT molecular complexity index is 1290. The monoisotopic (exact) mass is 431 g/mol. The van der Waals surface area contributed by atoms with E-state index in [0.717, 1.165) is 46.8 Å². The zero-order chi connectivity index (χ0) is 22.5. The van der Waals surface area contributed by atoms with Crippen LogP contribution in [0, 0.1) is 5.92 Å². The average Bonchev–Trinajstić information content (AvgIpc) is 3.28. The molecule has 4 aromatic rings. The molecule has 5 rings (SSSR count). The van der Waals surface area contributed by atoms with Gasteiger partial charge < -0.3 is 14.8 Å². The first kappa shape index (κ1) is 20.5. The molecule has 1 aliphatic heterocycles. The van der Waals surface area contributed by atoms with Crippen LogP contribution in [0.15, 0.2) is 42.6 Å². The second-order valence-corrected chi connectivity index (χ2v) is 9.77. The maximum atomic E-state index is 12.5. The van der Waals surface area contributed by atoms with E-state index in [1.165, 1.54) is 0 Å². The third kappa shape index (κ3) is 3.70. The van der Waals surface area contributed by atoms with Crippen LogP contribution in [-0.4, -0.2) is 49.9 Å². The molecule has 0 aliphatic carbocycles. The Morgan fingerprint density at radius 2 is 1.91 bits per heavy atom. The zero-order valence-electron chi connectivity index (χ0n) is 19.0. The molecular weight excluding hydrogens is 402 g/mol. The van der Waals surface area contributed by atoms with Gasteiger partial charge in [0.1, 0.15) is 5.82 Å². The first-order valence-corrected chi connectivity index (χ1v) is 11.1. The largest absolute Gasteiger partial charge is 0.355 e. The summed E-state index contributed by atoms with van der Waals surface area (Å²) in [7, 11) is 2.02. The molecule has 32 heavy (non-hydrogen) atoms. The number of aromatic nitrogens is 5. The fraction of sp³-hybridized carbons (Fsp3) is 0.417. The number of anilines is 1. The highest BCUT2D eigenvalue weighted by molar-refractivity contribution is 5.89. The smallest absolute Gasteiger partial charge is 0.224 e. The quantitative estimate of drug-likeness (QED) is 0.526. The molecule has 3 aromatic heterocycles. The molecular formula is C24H29N7O. The minimum atomic E-state index is -0.128. The van der Waals surface area contributed by atoms with Crippen molar-refractivity contribution < 1.29 is 4.79 Å². The Kier molecular flexibility index (Phi) is 4.87. The third-order valence-corrected chi connectivity index (χ3v) is 6.12. The number of hydrogen-bond acceptors (Lipinski definition) is 5. The summed E-state index contributed by atoms with van der Waals surface area (Å²) in [5, 5.41) is 17.6. The van der Waals surface area contributed by atoms with E-state index in [2.05, 4.69) is 57.9 Å². The lowest BCUT2D eigenvalue weighted by Crippen LogP contribution is -2.52. The number of amides is 1. The summed E-state index contributed by atoms with van der Waals surface area (Å²) in [4.78, 5) is 14.8. The molecule has 4 heterocycles. The van der Waals surface area contributed by atoms with E-state index in [4.69, 9.17) is 5.10 Å². The van der Waals surface area contributed by atoms with Gasteiger partial charge in [-0.25, -0.2) is 0 Å². The summed E-state index contributed by atoms with van der Waals surface area (Å²) in [6, 6.07) is 12.1. The van der Waals surface area contributed by atoms with Crippen molar-refractivity contribution in [2.75, 3.05) is 24.5 Å². The Hall–Kier alpha value is -3.42. The fourth-order valence-corrected chi connectivity index (χ4v) is 4.36. The van der Waals surface area contributed by atoms with Crippen molar-refractivity contribution >= 4 is 28.3 Å². The summed E-state index contributed by atoms with van der Waals surface area (Å²) in [5.41, 5.74) is 2.85. The molecule has 1 saturated heterocycles. The summed E-state index contributed by atoms with van der Waals surface area (Å²) >= 11 is 0. The topological polar surface area (TPSA) is 80.4 Å². The predicted octanol–water partition coefficient (Wildman–Crippen LogP) is 2.71. The molecule has 0 spiro atoms. The minimum absolute atomic E-state index is 0.0682. The van der Waals surface area contributed by atoms with E-state index in [1.54, 1.807) is 0 Å². The summed E-state index contributed by atoms with van der Waals surface area (Å²) in [5.74, 6) is 2.26. The van der Waals surface area contributed by atoms with Crippen molar-refractivity contribution in [2.45, 2.75) is 32.6 Å². The maximum Gasteiger partial charge on any atom is 0.224 e.